The van der Waals surface area contributed by atoms with Crippen LogP contribution in [0, 0.1) is 16.0 Å². The topological polar surface area (TPSA) is 77.3 Å². The Morgan fingerprint density at radius 1 is 1.29 bits per heavy atom. The van der Waals surface area contributed by atoms with Gasteiger partial charge in [0.25, 0.3) is 5.69 Å². The lowest BCUT2D eigenvalue weighted by atomic mass is 9.98. The van der Waals surface area contributed by atoms with Crippen molar-refractivity contribution in [3.8, 4) is 0 Å². The van der Waals surface area contributed by atoms with Gasteiger partial charge in [0, 0.05) is 12.0 Å². The molecule has 0 aliphatic carbocycles. The lowest BCUT2D eigenvalue weighted by molar-refractivity contribution is -0.385. The molecule has 0 aliphatic rings. The van der Waals surface area contributed by atoms with E-state index in [0.717, 1.165) is 6.07 Å². The van der Waals surface area contributed by atoms with Crippen molar-refractivity contribution in [1.29, 1.82) is 0 Å². The van der Waals surface area contributed by atoms with Crippen molar-refractivity contribution in [3.63, 3.8) is 0 Å². The molecule has 0 heterocycles. The number of nitro groups is 1. The van der Waals surface area contributed by atoms with E-state index in [0.29, 0.717) is 12.1 Å². The molecule has 0 spiro atoms. The molecular weight excluding hydrogens is 291 g/mol. The van der Waals surface area contributed by atoms with E-state index in [4.69, 9.17) is 0 Å². The van der Waals surface area contributed by atoms with Crippen LogP contribution in [0.2, 0.25) is 0 Å². The predicted molar refractivity (Wildman–Crippen MR) is 66.9 cm³/mol. The summed E-state index contributed by atoms with van der Waals surface area (Å²) >= 11 is 0. The van der Waals surface area contributed by atoms with Crippen LogP contribution in [0.5, 0.6) is 0 Å². The van der Waals surface area contributed by atoms with Gasteiger partial charge in [0.15, 0.2) is 5.78 Å². The van der Waals surface area contributed by atoms with Gasteiger partial charge in [0.1, 0.15) is 5.78 Å². The van der Waals surface area contributed by atoms with Crippen LogP contribution in [0.25, 0.3) is 0 Å². The van der Waals surface area contributed by atoms with Crippen LogP contribution >= 0.6 is 0 Å². The molecule has 8 heteroatoms. The van der Waals surface area contributed by atoms with Gasteiger partial charge in [0.2, 0.25) is 0 Å². The van der Waals surface area contributed by atoms with E-state index in [1.807, 2.05) is 0 Å². The maximum atomic E-state index is 12.5. The third-order valence-electron chi connectivity index (χ3n) is 2.80. The molecule has 0 aromatic heterocycles. The molecule has 0 aliphatic heterocycles. The summed E-state index contributed by atoms with van der Waals surface area (Å²) in [4.78, 5) is 33.1. The van der Waals surface area contributed by atoms with E-state index >= 15 is 0 Å². The third-order valence-corrected chi connectivity index (χ3v) is 2.80. The number of carbonyl (C=O) groups excluding carboxylic acids is 2. The number of rotatable bonds is 5. The average molecular weight is 303 g/mol. The number of Topliss-reactive ketones (excluding diaryl/α,β-unsaturated/α-hetero) is 2. The SMILES string of the molecule is CC(C)C(=O)CC(=O)c1ccc(C(F)(F)F)cc1[N+](=O)[O-]. The Bertz CT molecular complexity index is 594. The molecule has 0 saturated carbocycles. The van der Waals surface area contributed by atoms with E-state index in [-0.39, 0.29) is 0 Å². The summed E-state index contributed by atoms with van der Waals surface area (Å²) in [6, 6.07) is 1.62. The number of hydrogen-bond donors (Lipinski definition) is 0. The first-order valence-corrected chi connectivity index (χ1v) is 5.95. The summed E-state index contributed by atoms with van der Waals surface area (Å²) in [5, 5.41) is 10.8. The van der Waals surface area contributed by atoms with Crippen molar-refractivity contribution in [2.75, 3.05) is 0 Å². The standard InChI is InChI=1S/C13H12F3NO4/c1-7(2)11(18)6-12(19)9-4-3-8(13(14,15)16)5-10(9)17(20)21/h3-5,7H,6H2,1-2H3. The molecule has 5 nitrogen and oxygen atoms in total. The van der Waals surface area contributed by atoms with Gasteiger partial charge in [-0.1, -0.05) is 13.8 Å². The van der Waals surface area contributed by atoms with Gasteiger partial charge in [0.05, 0.1) is 22.5 Å². The number of benzene rings is 1. The minimum absolute atomic E-state index is 0.299. The zero-order valence-corrected chi connectivity index (χ0v) is 11.2. The minimum atomic E-state index is -4.75. The maximum Gasteiger partial charge on any atom is 0.416 e. The molecule has 114 valence electrons. The fourth-order valence-corrected chi connectivity index (χ4v) is 1.55. The summed E-state index contributed by atoms with van der Waals surface area (Å²) in [5.41, 5.74) is -2.67. The van der Waals surface area contributed by atoms with Gasteiger partial charge in [-0.2, -0.15) is 13.2 Å². The van der Waals surface area contributed by atoms with Gasteiger partial charge in [-0.15, -0.1) is 0 Å². The zero-order valence-electron chi connectivity index (χ0n) is 11.2. The number of ketones is 2. The number of hydrogen-bond acceptors (Lipinski definition) is 4. The molecule has 0 amide bonds. The molecule has 0 bridgehead atoms. The normalized spacial score (nSPS) is 11.5. The molecule has 1 rings (SSSR count). The number of carbonyl (C=O) groups is 2. The minimum Gasteiger partial charge on any atom is -0.299 e. The second-order valence-electron chi connectivity index (χ2n) is 4.71. The average Bonchev–Trinajstić information content (AvgIpc) is 2.36. The summed E-state index contributed by atoms with van der Waals surface area (Å²) in [7, 11) is 0. The molecular formula is C13H12F3NO4. The number of halogens is 3. The first-order valence-electron chi connectivity index (χ1n) is 5.95. The molecule has 0 radical (unpaired) electrons. The monoisotopic (exact) mass is 303 g/mol. The van der Waals surface area contributed by atoms with Crippen LogP contribution in [-0.2, 0) is 11.0 Å². The predicted octanol–water partition coefficient (Wildman–Crippen LogP) is 3.41. The van der Waals surface area contributed by atoms with E-state index in [9.17, 15) is 32.9 Å². The number of alkyl halides is 3. The Morgan fingerprint density at radius 2 is 1.86 bits per heavy atom. The van der Waals surface area contributed by atoms with Crippen molar-refractivity contribution in [2.45, 2.75) is 26.4 Å². The smallest absolute Gasteiger partial charge is 0.299 e. The highest BCUT2D eigenvalue weighted by Gasteiger charge is 2.34. The molecule has 0 unspecified atom stereocenters. The van der Waals surface area contributed by atoms with Gasteiger partial charge in [-0.05, 0) is 12.1 Å². The third kappa shape index (κ3) is 4.11. The summed E-state index contributed by atoms with van der Waals surface area (Å²) in [6.45, 7) is 3.10. The van der Waals surface area contributed by atoms with Crippen LogP contribution in [-0.4, -0.2) is 16.5 Å². The Labute approximate surface area is 117 Å². The van der Waals surface area contributed by atoms with Gasteiger partial charge in [-0.25, -0.2) is 0 Å². The van der Waals surface area contributed by atoms with E-state index in [2.05, 4.69) is 0 Å². The maximum absolute atomic E-state index is 12.5. The molecule has 0 fully saturated rings. The second kappa shape index (κ2) is 6.02. The summed E-state index contributed by atoms with van der Waals surface area (Å²) in [6.07, 6.45) is -5.33. The Hall–Kier alpha value is -2.25. The number of nitro benzene ring substituents is 1. The highest BCUT2D eigenvalue weighted by Crippen LogP contribution is 2.33. The Balaban J connectivity index is 3.22. The van der Waals surface area contributed by atoms with Crippen molar-refractivity contribution >= 4 is 17.3 Å². The molecule has 0 atom stereocenters. The first kappa shape index (κ1) is 16.8. The van der Waals surface area contributed by atoms with Crippen LogP contribution < -0.4 is 0 Å². The van der Waals surface area contributed by atoms with Crippen molar-refractivity contribution in [1.82, 2.24) is 0 Å². The van der Waals surface area contributed by atoms with Gasteiger partial charge >= 0.3 is 6.18 Å². The first-order chi connectivity index (χ1) is 9.54. The zero-order chi connectivity index (χ0) is 16.4. The van der Waals surface area contributed by atoms with Crippen LogP contribution in [0.1, 0.15) is 36.2 Å². The van der Waals surface area contributed by atoms with Crippen LogP contribution in [0.4, 0.5) is 18.9 Å². The highest BCUT2D eigenvalue weighted by molar-refractivity contribution is 6.10. The summed E-state index contributed by atoms with van der Waals surface area (Å²) < 4.78 is 37.6. The molecule has 0 N–H and O–H groups in total. The number of nitrogens with zero attached hydrogens (tertiary/aromatic N) is 1. The lowest BCUT2D eigenvalue weighted by Crippen LogP contribution is -2.15. The van der Waals surface area contributed by atoms with E-state index < -0.39 is 51.8 Å². The van der Waals surface area contributed by atoms with E-state index in [1.54, 1.807) is 13.8 Å². The van der Waals surface area contributed by atoms with Crippen molar-refractivity contribution in [2.24, 2.45) is 5.92 Å². The lowest BCUT2D eigenvalue weighted by Gasteiger charge is -2.08. The fraction of sp³-hybridized carbons (Fsp3) is 0.385. The Kier molecular flexibility index (Phi) is 4.82. The largest absolute Gasteiger partial charge is 0.416 e. The van der Waals surface area contributed by atoms with Crippen LogP contribution in [0.3, 0.4) is 0 Å². The van der Waals surface area contributed by atoms with Gasteiger partial charge in [-0.3, -0.25) is 19.7 Å². The fourth-order valence-electron chi connectivity index (χ4n) is 1.55. The van der Waals surface area contributed by atoms with Crippen molar-refractivity contribution < 1.29 is 27.7 Å². The summed E-state index contributed by atoms with van der Waals surface area (Å²) in [5.74, 6) is -1.74. The molecule has 1 aromatic rings. The molecule has 1 aromatic carbocycles. The molecule has 21 heavy (non-hydrogen) atoms. The highest BCUT2D eigenvalue weighted by atomic mass is 19.4. The second-order valence-corrected chi connectivity index (χ2v) is 4.71. The quantitative estimate of drug-likeness (QED) is 0.361. The van der Waals surface area contributed by atoms with Gasteiger partial charge < -0.3 is 0 Å². The van der Waals surface area contributed by atoms with Crippen molar-refractivity contribution in [3.05, 3.63) is 39.4 Å². The Morgan fingerprint density at radius 3 is 2.29 bits per heavy atom. The molecule has 0 saturated heterocycles. The van der Waals surface area contributed by atoms with E-state index in [1.165, 1.54) is 0 Å². The van der Waals surface area contributed by atoms with Crippen LogP contribution in [0.15, 0.2) is 18.2 Å².